The van der Waals surface area contributed by atoms with E-state index in [9.17, 15) is 5.11 Å². The Morgan fingerprint density at radius 3 is 2.40 bits per heavy atom. The standard InChI is InChI=1S/C14H24N4OS/c1-10-11(2)16-14(17-12(10)3)20-9-13(19)8-18-6-4-15-5-7-18/h13,15,19H,4-9H2,1-3H3. The van der Waals surface area contributed by atoms with Crippen molar-refractivity contribution in [3.63, 3.8) is 0 Å². The van der Waals surface area contributed by atoms with Crippen LogP contribution in [0.25, 0.3) is 0 Å². The predicted octanol–water partition coefficient (Wildman–Crippen LogP) is 0.760. The normalized spacial score (nSPS) is 18.2. The number of nitrogens with one attached hydrogen (secondary N) is 1. The lowest BCUT2D eigenvalue weighted by Crippen LogP contribution is -2.46. The van der Waals surface area contributed by atoms with Gasteiger partial charge in [0.1, 0.15) is 0 Å². The fourth-order valence-electron chi connectivity index (χ4n) is 2.22. The van der Waals surface area contributed by atoms with Gasteiger partial charge in [0.25, 0.3) is 0 Å². The van der Waals surface area contributed by atoms with Crippen LogP contribution in [0.2, 0.25) is 0 Å². The van der Waals surface area contributed by atoms with Crippen LogP contribution in [0.5, 0.6) is 0 Å². The summed E-state index contributed by atoms with van der Waals surface area (Å²) in [4.78, 5) is 11.2. The minimum Gasteiger partial charge on any atom is -0.391 e. The number of rotatable bonds is 5. The maximum absolute atomic E-state index is 10.1. The molecule has 5 nitrogen and oxygen atoms in total. The second kappa shape index (κ2) is 7.36. The molecule has 1 aliphatic heterocycles. The Labute approximate surface area is 125 Å². The first-order valence-corrected chi connectivity index (χ1v) is 8.10. The first-order valence-electron chi connectivity index (χ1n) is 7.12. The number of thioether (sulfide) groups is 1. The van der Waals surface area contributed by atoms with Gasteiger partial charge in [0.15, 0.2) is 5.16 Å². The lowest BCUT2D eigenvalue weighted by atomic mass is 10.2. The Bertz CT molecular complexity index is 426. The summed E-state index contributed by atoms with van der Waals surface area (Å²) in [5.74, 6) is 0.645. The Kier molecular flexibility index (Phi) is 5.77. The second-order valence-electron chi connectivity index (χ2n) is 5.32. The molecular formula is C14H24N4OS. The molecule has 0 amide bonds. The first kappa shape index (κ1) is 15.7. The van der Waals surface area contributed by atoms with Gasteiger partial charge in [-0.1, -0.05) is 11.8 Å². The van der Waals surface area contributed by atoms with Crippen LogP contribution >= 0.6 is 11.8 Å². The van der Waals surface area contributed by atoms with Gasteiger partial charge in [-0.05, 0) is 26.3 Å². The van der Waals surface area contributed by atoms with Crippen molar-refractivity contribution < 1.29 is 5.11 Å². The van der Waals surface area contributed by atoms with Crippen LogP contribution in [-0.2, 0) is 0 Å². The van der Waals surface area contributed by atoms with E-state index in [4.69, 9.17) is 0 Å². The minimum atomic E-state index is -0.330. The topological polar surface area (TPSA) is 61.3 Å². The van der Waals surface area contributed by atoms with Crippen LogP contribution < -0.4 is 5.32 Å². The van der Waals surface area contributed by atoms with Gasteiger partial charge < -0.3 is 10.4 Å². The molecule has 2 rings (SSSR count). The number of aromatic nitrogens is 2. The largest absolute Gasteiger partial charge is 0.391 e. The molecule has 112 valence electrons. The average Bonchev–Trinajstić information content (AvgIpc) is 2.43. The van der Waals surface area contributed by atoms with Crippen LogP contribution in [0.4, 0.5) is 0 Å². The van der Waals surface area contributed by atoms with Crippen LogP contribution in [0, 0.1) is 20.8 Å². The van der Waals surface area contributed by atoms with E-state index in [1.165, 1.54) is 11.8 Å². The van der Waals surface area contributed by atoms with Gasteiger partial charge in [0.05, 0.1) is 6.10 Å². The zero-order valence-corrected chi connectivity index (χ0v) is 13.3. The van der Waals surface area contributed by atoms with E-state index in [-0.39, 0.29) is 6.10 Å². The summed E-state index contributed by atoms with van der Waals surface area (Å²) in [6.45, 7) is 10.8. The van der Waals surface area contributed by atoms with Crippen molar-refractivity contribution in [1.29, 1.82) is 0 Å². The third-order valence-electron chi connectivity index (χ3n) is 3.70. The molecule has 2 heterocycles. The van der Waals surface area contributed by atoms with Crippen molar-refractivity contribution in [2.75, 3.05) is 38.5 Å². The van der Waals surface area contributed by atoms with Crippen molar-refractivity contribution in [3.05, 3.63) is 17.0 Å². The molecular weight excluding hydrogens is 272 g/mol. The highest BCUT2D eigenvalue weighted by atomic mass is 32.2. The quantitative estimate of drug-likeness (QED) is 0.618. The summed E-state index contributed by atoms with van der Waals surface area (Å²) in [6.07, 6.45) is -0.330. The number of aliphatic hydroxyl groups is 1. The van der Waals surface area contributed by atoms with Crippen molar-refractivity contribution in [2.24, 2.45) is 0 Å². The average molecular weight is 296 g/mol. The molecule has 1 atom stereocenters. The van der Waals surface area contributed by atoms with Gasteiger partial charge in [-0.2, -0.15) is 0 Å². The van der Waals surface area contributed by atoms with Crippen LogP contribution in [-0.4, -0.2) is 64.6 Å². The van der Waals surface area contributed by atoms with Crippen LogP contribution in [0.15, 0.2) is 5.16 Å². The van der Waals surface area contributed by atoms with Crippen molar-refractivity contribution in [3.8, 4) is 0 Å². The van der Waals surface area contributed by atoms with Gasteiger partial charge >= 0.3 is 0 Å². The van der Waals surface area contributed by atoms with Crippen LogP contribution in [0.3, 0.4) is 0 Å². The molecule has 0 bridgehead atoms. The molecule has 1 aliphatic rings. The van der Waals surface area contributed by atoms with E-state index < -0.39 is 0 Å². The molecule has 0 spiro atoms. The van der Waals surface area contributed by atoms with Gasteiger partial charge in [-0.15, -0.1) is 0 Å². The maximum Gasteiger partial charge on any atom is 0.188 e. The summed E-state index contributed by atoms with van der Waals surface area (Å²) >= 11 is 1.54. The van der Waals surface area contributed by atoms with Gasteiger partial charge in [0, 0.05) is 49.9 Å². The SMILES string of the molecule is Cc1nc(SCC(O)CN2CCNCC2)nc(C)c1C. The van der Waals surface area contributed by atoms with E-state index in [1.54, 1.807) is 0 Å². The highest BCUT2D eigenvalue weighted by Crippen LogP contribution is 2.18. The maximum atomic E-state index is 10.1. The molecule has 1 fully saturated rings. The van der Waals surface area contributed by atoms with E-state index in [0.717, 1.165) is 54.8 Å². The fraction of sp³-hybridized carbons (Fsp3) is 0.714. The summed E-state index contributed by atoms with van der Waals surface area (Å²) in [5, 5.41) is 14.2. The molecule has 0 aromatic carbocycles. The zero-order valence-electron chi connectivity index (χ0n) is 12.5. The Morgan fingerprint density at radius 2 is 1.80 bits per heavy atom. The monoisotopic (exact) mass is 296 g/mol. The molecule has 1 saturated heterocycles. The number of β-amino-alcohol motifs (C(OH)–C–C–N with tert-alkyl or cyclic N) is 1. The molecule has 1 aromatic heterocycles. The first-order chi connectivity index (χ1) is 9.56. The van der Waals surface area contributed by atoms with Crippen molar-refractivity contribution in [1.82, 2.24) is 20.2 Å². The third-order valence-corrected chi connectivity index (χ3v) is 4.69. The number of aliphatic hydroxyl groups excluding tert-OH is 1. The number of hydrogen-bond donors (Lipinski definition) is 2. The highest BCUT2D eigenvalue weighted by Gasteiger charge is 2.15. The van der Waals surface area contributed by atoms with Gasteiger partial charge in [-0.25, -0.2) is 9.97 Å². The minimum absolute atomic E-state index is 0.330. The smallest absolute Gasteiger partial charge is 0.188 e. The van der Waals surface area contributed by atoms with Gasteiger partial charge in [-0.3, -0.25) is 4.90 Å². The van der Waals surface area contributed by atoms with E-state index in [2.05, 4.69) is 20.2 Å². The molecule has 0 aliphatic carbocycles. The number of hydrogen-bond acceptors (Lipinski definition) is 6. The van der Waals surface area contributed by atoms with E-state index in [1.807, 2.05) is 20.8 Å². The fourth-order valence-corrected chi connectivity index (χ4v) is 3.07. The summed E-state index contributed by atoms with van der Waals surface area (Å²) in [6, 6.07) is 0. The highest BCUT2D eigenvalue weighted by molar-refractivity contribution is 7.99. The molecule has 1 unspecified atom stereocenters. The Hall–Kier alpha value is -0.690. The van der Waals surface area contributed by atoms with Crippen LogP contribution in [0.1, 0.15) is 17.0 Å². The number of nitrogens with zero attached hydrogens (tertiary/aromatic N) is 3. The molecule has 20 heavy (non-hydrogen) atoms. The summed E-state index contributed by atoms with van der Waals surface area (Å²) < 4.78 is 0. The van der Waals surface area contributed by atoms with Crippen molar-refractivity contribution >= 4 is 11.8 Å². The molecule has 0 saturated carbocycles. The second-order valence-corrected chi connectivity index (χ2v) is 6.30. The van der Waals surface area contributed by atoms with E-state index in [0.29, 0.717) is 5.75 Å². The van der Waals surface area contributed by atoms with E-state index >= 15 is 0 Å². The molecule has 1 aromatic rings. The molecule has 0 radical (unpaired) electrons. The lowest BCUT2D eigenvalue weighted by Gasteiger charge is -2.28. The molecule has 6 heteroatoms. The van der Waals surface area contributed by atoms with Crippen molar-refractivity contribution in [2.45, 2.75) is 32.0 Å². The lowest BCUT2D eigenvalue weighted by molar-refractivity contribution is 0.121. The predicted molar refractivity (Wildman–Crippen MR) is 82.3 cm³/mol. The Balaban J connectivity index is 1.82. The molecule has 2 N–H and O–H groups in total. The third kappa shape index (κ3) is 4.41. The summed E-state index contributed by atoms with van der Waals surface area (Å²) in [5.41, 5.74) is 3.20. The number of aryl methyl sites for hydroxylation is 2. The summed E-state index contributed by atoms with van der Waals surface area (Å²) in [7, 11) is 0. The van der Waals surface area contributed by atoms with Gasteiger partial charge in [0.2, 0.25) is 0 Å². The Morgan fingerprint density at radius 1 is 1.20 bits per heavy atom. The zero-order chi connectivity index (χ0) is 14.5. The number of piperazine rings is 1.